The monoisotopic (exact) mass is 396 g/mol. The Morgan fingerprint density at radius 3 is 2.50 bits per heavy atom. The molecular formula is C18H21ClN2O4S. The zero-order valence-corrected chi connectivity index (χ0v) is 16.0. The maximum Gasteiger partial charge on any atom is 0.237 e. The molecule has 0 spiro atoms. The smallest absolute Gasteiger partial charge is 0.237 e. The van der Waals surface area contributed by atoms with Crippen LogP contribution in [0.3, 0.4) is 0 Å². The number of hydrogen-bond acceptors (Lipinski definition) is 5. The molecule has 2 aromatic carbocycles. The molecule has 1 aliphatic heterocycles. The summed E-state index contributed by atoms with van der Waals surface area (Å²) in [4.78, 5) is 2.15. The molecule has 26 heavy (non-hydrogen) atoms. The summed E-state index contributed by atoms with van der Waals surface area (Å²) in [7, 11) is -2.08. The van der Waals surface area contributed by atoms with Crippen LogP contribution in [0.1, 0.15) is 5.56 Å². The van der Waals surface area contributed by atoms with E-state index in [-0.39, 0.29) is 5.75 Å². The van der Waals surface area contributed by atoms with Crippen LogP contribution in [-0.2, 0) is 20.5 Å². The molecule has 3 rings (SSSR count). The van der Waals surface area contributed by atoms with Crippen LogP contribution < -0.4 is 14.4 Å². The Morgan fingerprint density at radius 1 is 1.15 bits per heavy atom. The highest BCUT2D eigenvalue weighted by molar-refractivity contribution is 7.91. The molecule has 0 unspecified atom stereocenters. The number of nitrogens with one attached hydrogen (secondary N) is 1. The number of morpholine rings is 1. The second-order valence-electron chi connectivity index (χ2n) is 5.97. The van der Waals surface area contributed by atoms with Gasteiger partial charge in [-0.2, -0.15) is 0 Å². The van der Waals surface area contributed by atoms with Crippen LogP contribution in [0.4, 0.5) is 11.4 Å². The first kappa shape index (κ1) is 18.8. The molecule has 0 aromatic heterocycles. The van der Waals surface area contributed by atoms with Crippen molar-refractivity contribution in [1.82, 2.24) is 0 Å². The van der Waals surface area contributed by atoms with Crippen LogP contribution >= 0.6 is 11.6 Å². The topological polar surface area (TPSA) is 67.9 Å². The van der Waals surface area contributed by atoms with E-state index in [2.05, 4.69) is 9.62 Å². The van der Waals surface area contributed by atoms with E-state index in [4.69, 9.17) is 21.1 Å². The van der Waals surface area contributed by atoms with E-state index >= 15 is 0 Å². The standard InChI is InChI=1S/C18H21ClN2O4S/c1-24-18-7-6-16(21-8-10-25-11-9-21)12-17(18)20-26(22,23)13-14-2-4-15(19)5-3-14/h2-7,12,20H,8-11,13H2,1H3. The Labute approximate surface area is 158 Å². The highest BCUT2D eigenvalue weighted by Gasteiger charge is 2.18. The maximum atomic E-state index is 12.6. The number of rotatable bonds is 6. The second-order valence-corrected chi connectivity index (χ2v) is 8.13. The fourth-order valence-electron chi connectivity index (χ4n) is 2.80. The number of benzene rings is 2. The van der Waals surface area contributed by atoms with Crippen molar-refractivity contribution in [3.05, 3.63) is 53.1 Å². The molecule has 1 fully saturated rings. The third-order valence-corrected chi connectivity index (χ3v) is 5.59. The maximum absolute atomic E-state index is 12.6. The van der Waals surface area contributed by atoms with Gasteiger partial charge in [0.25, 0.3) is 0 Å². The predicted octanol–water partition coefficient (Wildman–Crippen LogP) is 3.13. The van der Waals surface area contributed by atoms with Crippen molar-refractivity contribution >= 4 is 33.0 Å². The minimum atomic E-state index is -3.60. The van der Waals surface area contributed by atoms with Crippen molar-refractivity contribution in [3.63, 3.8) is 0 Å². The number of hydrogen-bond donors (Lipinski definition) is 1. The molecule has 1 heterocycles. The van der Waals surface area contributed by atoms with E-state index in [9.17, 15) is 8.42 Å². The van der Waals surface area contributed by atoms with E-state index in [1.165, 1.54) is 7.11 Å². The third kappa shape index (κ3) is 4.81. The van der Waals surface area contributed by atoms with Gasteiger partial charge >= 0.3 is 0 Å². The Balaban J connectivity index is 1.81. The van der Waals surface area contributed by atoms with E-state index in [1.807, 2.05) is 6.07 Å². The molecular weight excluding hydrogens is 376 g/mol. The minimum Gasteiger partial charge on any atom is -0.495 e. The number of methoxy groups -OCH3 is 1. The molecule has 0 amide bonds. The van der Waals surface area contributed by atoms with Gasteiger partial charge < -0.3 is 14.4 Å². The van der Waals surface area contributed by atoms with Gasteiger partial charge in [0.2, 0.25) is 10.0 Å². The number of nitrogens with zero attached hydrogens (tertiary/aromatic N) is 1. The molecule has 0 aliphatic carbocycles. The first-order chi connectivity index (χ1) is 12.5. The molecule has 1 N–H and O–H groups in total. The van der Waals surface area contributed by atoms with Gasteiger partial charge in [0.15, 0.2) is 0 Å². The van der Waals surface area contributed by atoms with Crippen molar-refractivity contribution in [1.29, 1.82) is 0 Å². The van der Waals surface area contributed by atoms with Gasteiger partial charge in [-0.25, -0.2) is 8.42 Å². The van der Waals surface area contributed by atoms with Crippen LogP contribution in [0.25, 0.3) is 0 Å². The Bertz CT molecular complexity index is 850. The first-order valence-corrected chi connectivity index (χ1v) is 10.3. The van der Waals surface area contributed by atoms with Crippen molar-refractivity contribution in [2.45, 2.75) is 5.75 Å². The lowest BCUT2D eigenvalue weighted by atomic mass is 10.2. The van der Waals surface area contributed by atoms with Gasteiger partial charge in [-0.3, -0.25) is 4.72 Å². The zero-order chi connectivity index (χ0) is 18.6. The summed E-state index contributed by atoms with van der Waals surface area (Å²) in [5.41, 5.74) is 2.01. The predicted molar refractivity (Wildman–Crippen MR) is 104 cm³/mol. The van der Waals surface area contributed by atoms with Crippen LogP contribution in [-0.4, -0.2) is 41.8 Å². The molecule has 2 aromatic rings. The lowest BCUT2D eigenvalue weighted by Crippen LogP contribution is -2.36. The van der Waals surface area contributed by atoms with E-state index in [0.29, 0.717) is 35.2 Å². The number of anilines is 2. The van der Waals surface area contributed by atoms with Gasteiger partial charge in [0, 0.05) is 23.8 Å². The van der Waals surface area contributed by atoms with E-state index in [1.54, 1.807) is 36.4 Å². The van der Waals surface area contributed by atoms with Crippen LogP contribution in [0.15, 0.2) is 42.5 Å². The number of halogens is 1. The summed E-state index contributed by atoms with van der Waals surface area (Å²) in [5.74, 6) is 0.330. The summed E-state index contributed by atoms with van der Waals surface area (Å²) < 4.78 is 38.5. The molecule has 8 heteroatoms. The Kier molecular flexibility index (Phi) is 5.90. The van der Waals surface area contributed by atoms with Gasteiger partial charge in [0.05, 0.1) is 31.8 Å². The molecule has 0 atom stereocenters. The normalized spacial score (nSPS) is 14.9. The molecule has 6 nitrogen and oxygen atoms in total. The average Bonchev–Trinajstić information content (AvgIpc) is 2.64. The molecule has 1 saturated heterocycles. The van der Waals surface area contributed by atoms with Crippen molar-refractivity contribution < 1.29 is 17.9 Å². The Morgan fingerprint density at radius 2 is 1.85 bits per heavy atom. The molecule has 1 aliphatic rings. The van der Waals surface area contributed by atoms with Crippen molar-refractivity contribution in [2.75, 3.05) is 43.0 Å². The van der Waals surface area contributed by atoms with Crippen LogP contribution in [0, 0.1) is 0 Å². The highest BCUT2D eigenvalue weighted by Crippen LogP contribution is 2.31. The summed E-state index contributed by atoms with van der Waals surface area (Å²) in [6, 6.07) is 12.2. The largest absolute Gasteiger partial charge is 0.495 e. The SMILES string of the molecule is COc1ccc(N2CCOCC2)cc1NS(=O)(=O)Cc1ccc(Cl)cc1. The molecule has 140 valence electrons. The van der Waals surface area contributed by atoms with Gasteiger partial charge in [0.1, 0.15) is 5.75 Å². The number of sulfonamides is 1. The van der Waals surface area contributed by atoms with Crippen LogP contribution in [0.5, 0.6) is 5.75 Å². The summed E-state index contributed by atoms with van der Waals surface area (Å²) in [6.45, 7) is 2.85. The lowest BCUT2D eigenvalue weighted by Gasteiger charge is -2.29. The fraction of sp³-hybridized carbons (Fsp3) is 0.333. The van der Waals surface area contributed by atoms with Gasteiger partial charge in [-0.05, 0) is 35.9 Å². The average molecular weight is 397 g/mol. The highest BCUT2D eigenvalue weighted by atomic mass is 35.5. The van der Waals surface area contributed by atoms with E-state index in [0.717, 1.165) is 18.8 Å². The third-order valence-electron chi connectivity index (χ3n) is 4.09. The van der Waals surface area contributed by atoms with Gasteiger partial charge in [-0.15, -0.1) is 0 Å². The first-order valence-electron chi connectivity index (χ1n) is 8.22. The zero-order valence-electron chi connectivity index (χ0n) is 14.4. The fourth-order valence-corrected chi connectivity index (χ4v) is 4.12. The minimum absolute atomic E-state index is 0.144. The summed E-state index contributed by atoms with van der Waals surface area (Å²) >= 11 is 5.85. The summed E-state index contributed by atoms with van der Waals surface area (Å²) in [6.07, 6.45) is 0. The Hall–Kier alpha value is -1.96. The number of ether oxygens (including phenoxy) is 2. The van der Waals surface area contributed by atoms with Crippen molar-refractivity contribution in [2.24, 2.45) is 0 Å². The summed E-state index contributed by atoms with van der Waals surface area (Å²) in [5, 5.41) is 0.569. The lowest BCUT2D eigenvalue weighted by molar-refractivity contribution is 0.122. The van der Waals surface area contributed by atoms with Crippen LogP contribution in [0.2, 0.25) is 5.02 Å². The molecule has 0 radical (unpaired) electrons. The van der Waals surface area contributed by atoms with Crippen molar-refractivity contribution in [3.8, 4) is 5.75 Å². The second kappa shape index (κ2) is 8.16. The van der Waals surface area contributed by atoms with Gasteiger partial charge in [-0.1, -0.05) is 23.7 Å². The molecule has 0 bridgehead atoms. The quantitative estimate of drug-likeness (QED) is 0.812. The van der Waals surface area contributed by atoms with E-state index < -0.39 is 10.0 Å². The molecule has 0 saturated carbocycles.